The first kappa shape index (κ1) is 25.2. The number of esters is 1. The summed E-state index contributed by atoms with van der Waals surface area (Å²) in [5.74, 6) is 1.03. The Kier molecular flexibility index (Phi) is 6.72. The second-order valence-electron chi connectivity index (χ2n) is 9.56. The number of aromatic hydroxyl groups is 1. The highest BCUT2D eigenvalue weighted by Crippen LogP contribution is 2.46. The van der Waals surface area contributed by atoms with Crippen LogP contribution in [0.4, 0.5) is 0 Å². The number of rotatable bonds is 7. The lowest BCUT2D eigenvalue weighted by atomic mass is 9.85. The SMILES string of the molecule is COc1ccc(-c2coc3c4c(cc(O)c3c2=O)OC(=O)C[C@@H]4c2ccc(OCC(C)C)cc2)cc1OC. The van der Waals surface area contributed by atoms with Crippen LogP contribution in [0.1, 0.15) is 37.3 Å². The van der Waals surface area contributed by atoms with E-state index in [1.807, 2.05) is 24.3 Å². The lowest BCUT2D eigenvalue weighted by molar-refractivity contribution is -0.135. The summed E-state index contributed by atoms with van der Waals surface area (Å²) in [5, 5.41) is 10.8. The maximum Gasteiger partial charge on any atom is 0.312 e. The largest absolute Gasteiger partial charge is 0.507 e. The Bertz CT molecular complexity index is 1570. The third-order valence-electron chi connectivity index (χ3n) is 6.53. The van der Waals surface area contributed by atoms with Gasteiger partial charge in [0.1, 0.15) is 34.5 Å². The van der Waals surface area contributed by atoms with Crippen molar-refractivity contribution in [2.24, 2.45) is 5.92 Å². The van der Waals surface area contributed by atoms with Gasteiger partial charge in [-0.15, -0.1) is 0 Å². The molecule has 0 saturated heterocycles. The van der Waals surface area contributed by atoms with E-state index >= 15 is 0 Å². The summed E-state index contributed by atoms with van der Waals surface area (Å²) in [6, 6.07) is 13.8. The molecule has 0 spiro atoms. The Balaban J connectivity index is 1.63. The van der Waals surface area contributed by atoms with Gasteiger partial charge in [-0.25, -0.2) is 0 Å². The molecule has 0 aliphatic carbocycles. The van der Waals surface area contributed by atoms with Crippen molar-refractivity contribution in [2.75, 3.05) is 20.8 Å². The first-order chi connectivity index (χ1) is 18.3. The minimum Gasteiger partial charge on any atom is -0.507 e. The van der Waals surface area contributed by atoms with Gasteiger partial charge in [0.05, 0.1) is 32.8 Å². The van der Waals surface area contributed by atoms with Gasteiger partial charge in [0, 0.05) is 17.5 Å². The average Bonchev–Trinajstić information content (AvgIpc) is 2.91. The minimum atomic E-state index is -0.441. The Morgan fingerprint density at radius 3 is 2.42 bits per heavy atom. The number of phenols is 1. The molecule has 1 atom stereocenters. The minimum absolute atomic E-state index is 0.0101. The first-order valence-electron chi connectivity index (χ1n) is 12.3. The van der Waals surface area contributed by atoms with Crippen LogP contribution in [0, 0.1) is 5.92 Å². The number of methoxy groups -OCH3 is 2. The van der Waals surface area contributed by atoms with Crippen LogP contribution in [0.3, 0.4) is 0 Å². The summed E-state index contributed by atoms with van der Waals surface area (Å²) in [6.45, 7) is 4.74. The van der Waals surface area contributed by atoms with Crippen molar-refractivity contribution in [1.82, 2.24) is 0 Å². The van der Waals surface area contributed by atoms with E-state index < -0.39 is 17.3 Å². The van der Waals surface area contributed by atoms with Crippen molar-refractivity contribution >= 4 is 16.9 Å². The van der Waals surface area contributed by atoms with Crippen LogP contribution in [0.5, 0.6) is 28.7 Å². The fourth-order valence-corrected chi connectivity index (χ4v) is 4.68. The van der Waals surface area contributed by atoms with Crippen LogP contribution >= 0.6 is 0 Å². The van der Waals surface area contributed by atoms with Gasteiger partial charge in [-0.05, 0) is 41.3 Å². The van der Waals surface area contributed by atoms with E-state index in [-0.39, 0.29) is 34.5 Å². The van der Waals surface area contributed by atoms with E-state index in [2.05, 4.69) is 13.8 Å². The van der Waals surface area contributed by atoms with Crippen molar-refractivity contribution in [2.45, 2.75) is 26.2 Å². The van der Waals surface area contributed by atoms with Crippen molar-refractivity contribution < 1.29 is 33.3 Å². The van der Waals surface area contributed by atoms with Gasteiger partial charge in [0.25, 0.3) is 0 Å². The van der Waals surface area contributed by atoms with Gasteiger partial charge in [0.15, 0.2) is 11.5 Å². The topological polar surface area (TPSA) is 104 Å². The highest BCUT2D eigenvalue weighted by molar-refractivity contribution is 5.94. The van der Waals surface area contributed by atoms with Gasteiger partial charge >= 0.3 is 5.97 Å². The lowest BCUT2D eigenvalue weighted by Crippen LogP contribution is -2.22. The lowest BCUT2D eigenvalue weighted by Gasteiger charge is -2.26. The summed E-state index contributed by atoms with van der Waals surface area (Å²) < 4.78 is 27.9. The predicted molar refractivity (Wildman–Crippen MR) is 142 cm³/mol. The van der Waals surface area contributed by atoms with Crippen LogP contribution in [0.2, 0.25) is 0 Å². The molecule has 0 fully saturated rings. The monoisotopic (exact) mass is 516 g/mol. The quantitative estimate of drug-likeness (QED) is 0.248. The van der Waals surface area contributed by atoms with Gasteiger partial charge in [-0.3, -0.25) is 9.59 Å². The Morgan fingerprint density at radius 2 is 1.74 bits per heavy atom. The second kappa shape index (κ2) is 10.1. The molecule has 0 radical (unpaired) electrons. The summed E-state index contributed by atoms with van der Waals surface area (Å²) in [7, 11) is 3.03. The van der Waals surface area contributed by atoms with Gasteiger partial charge in [-0.2, -0.15) is 0 Å². The molecule has 3 aromatic carbocycles. The molecule has 0 unspecified atom stereocenters. The molecule has 1 aliphatic heterocycles. The molecule has 8 heteroatoms. The summed E-state index contributed by atoms with van der Waals surface area (Å²) in [5.41, 5.74) is 1.89. The highest BCUT2D eigenvalue weighted by atomic mass is 16.5. The van der Waals surface area contributed by atoms with Crippen molar-refractivity contribution in [3.05, 3.63) is 76.1 Å². The summed E-state index contributed by atoms with van der Waals surface area (Å²) >= 11 is 0. The van der Waals surface area contributed by atoms with Crippen molar-refractivity contribution in [3.63, 3.8) is 0 Å². The van der Waals surface area contributed by atoms with E-state index in [9.17, 15) is 14.7 Å². The van der Waals surface area contributed by atoms with Crippen LogP contribution in [-0.4, -0.2) is 31.9 Å². The molecule has 0 amide bonds. The van der Waals surface area contributed by atoms with E-state index in [0.717, 1.165) is 11.3 Å². The third kappa shape index (κ3) is 4.53. The number of hydrogen-bond acceptors (Lipinski definition) is 8. The molecule has 1 aliphatic rings. The number of ether oxygens (including phenoxy) is 4. The first-order valence-corrected chi connectivity index (χ1v) is 12.3. The molecule has 0 saturated carbocycles. The van der Waals surface area contributed by atoms with Crippen LogP contribution in [0.25, 0.3) is 22.1 Å². The van der Waals surface area contributed by atoms with Crippen molar-refractivity contribution in [1.29, 1.82) is 0 Å². The standard InChI is InChI=1S/C30H28O8/c1-16(2)14-36-19-8-5-17(6-9-19)20-12-26(32)38-25-13-22(31)28-29(33)21(15-37-30(28)27(20)25)18-7-10-23(34-3)24(11-18)35-4/h5-11,13,15-16,20,31H,12,14H2,1-4H3/t20-/m1/s1. The fourth-order valence-electron chi connectivity index (χ4n) is 4.68. The van der Waals surface area contributed by atoms with Gasteiger partial charge in [0.2, 0.25) is 5.43 Å². The summed E-state index contributed by atoms with van der Waals surface area (Å²) in [6.07, 6.45) is 1.40. The molecule has 38 heavy (non-hydrogen) atoms. The molecular formula is C30H28O8. The molecule has 0 bridgehead atoms. The number of carbonyl (C=O) groups is 1. The number of hydrogen-bond donors (Lipinski definition) is 1. The molecule has 1 N–H and O–H groups in total. The van der Waals surface area contributed by atoms with Crippen LogP contribution in [-0.2, 0) is 4.79 Å². The van der Waals surface area contributed by atoms with E-state index in [0.29, 0.717) is 35.2 Å². The molecule has 8 nitrogen and oxygen atoms in total. The van der Waals surface area contributed by atoms with Gasteiger partial charge in [-0.1, -0.05) is 32.0 Å². The van der Waals surface area contributed by atoms with E-state index in [1.54, 1.807) is 18.2 Å². The maximum absolute atomic E-state index is 13.7. The zero-order valence-corrected chi connectivity index (χ0v) is 21.6. The smallest absolute Gasteiger partial charge is 0.312 e. The average molecular weight is 517 g/mol. The molecule has 5 rings (SSSR count). The van der Waals surface area contributed by atoms with Gasteiger partial charge < -0.3 is 28.5 Å². The van der Waals surface area contributed by atoms with Crippen LogP contribution in [0.15, 0.2) is 64.0 Å². The predicted octanol–water partition coefficient (Wildman–Crippen LogP) is 5.66. The number of carbonyl (C=O) groups excluding carboxylic acids is 1. The Morgan fingerprint density at radius 1 is 1.00 bits per heavy atom. The molecule has 1 aromatic heterocycles. The number of phenolic OH excluding ortho intramolecular Hbond substituents is 1. The maximum atomic E-state index is 13.7. The Hall–Kier alpha value is -4.46. The number of benzene rings is 3. The normalized spacial score (nSPS) is 14.8. The third-order valence-corrected chi connectivity index (χ3v) is 6.53. The molecule has 196 valence electrons. The summed E-state index contributed by atoms with van der Waals surface area (Å²) in [4.78, 5) is 26.1. The second-order valence-corrected chi connectivity index (χ2v) is 9.56. The van der Waals surface area contributed by atoms with E-state index in [4.69, 9.17) is 23.4 Å². The fraction of sp³-hybridized carbons (Fsp3) is 0.267. The molecule has 2 heterocycles. The molecule has 4 aromatic rings. The molecular weight excluding hydrogens is 488 g/mol. The Labute approximate surface area is 219 Å². The number of fused-ring (bicyclic) bond motifs is 3. The van der Waals surface area contributed by atoms with E-state index in [1.165, 1.54) is 26.5 Å². The van der Waals surface area contributed by atoms with Crippen LogP contribution < -0.4 is 24.4 Å². The van der Waals surface area contributed by atoms with Crippen molar-refractivity contribution in [3.8, 4) is 39.9 Å². The zero-order chi connectivity index (χ0) is 27.0. The zero-order valence-electron chi connectivity index (χ0n) is 21.6. The highest BCUT2D eigenvalue weighted by Gasteiger charge is 2.33.